The summed E-state index contributed by atoms with van der Waals surface area (Å²) in [6.07, 6.45) is 0. The van der Waals surface area contributed by atoms with Gasteiger partial charge in [0.15, 0.2) is 11.2 Å². The molecule has 36 heavy (non-hydrogen) atoms. The highest BCUT2D eigenvalue weighted by atomic mass is 19.1. The van der Waals surface area contributed by atoms with Gasteiger partial charge in [0, 0.05) is 52.5 Å². The number of halogens is 1. The van der Waals surface area contributed by atoms with E-state index >= 15 is 0 Å². The molecule has 0 saturated carbocycles. The van der Waals surface area contributed by atoms with Crippen LogP contribution in [-0.2, 0) is 27.2 Å². The number of methoxy groups -OCH3 is 1. The number of aromatic nitrogens is 4. The normalized spacial score (nSPS) is 14.5. The molecule has 0 bridgehead atoms. The van der Waals surface area contributed by atoms with Gasteiger partial charge in [-0.15, -0.1) is 0 Å². The minimum Gasteiger partial charge on any atom is -0.497 e. The van der Waals surface area contributed by atoms with E-state index in [1.54, 1.807) is 26.3 Å². The fourth-order valence-electron chi connectivity index (χ4n) is 4.71. The van der Waals surface area contributed by atoms with Crippen LogP contribution >= 0.6 is 0 Å². The van der Waals surface area contributed by atoms with Gasteiger partial charge in [-0.05, 0) is 42.0 Å². The quantitative estimate of drug-likeness (QED) is 0.410. The van der Waals surface area contributed by atoms with E-state index in [1.165, 1.54) is 23.7 Å². The predicted molar refractivity (Wildman–Crippen MR) is 136 cm³/mol. The van der Waals surface area contributed by atoms with Gasteiger partial charge in [0.2, 0.25) is 0 Å². The van der Waals surface area contributed by atoms with Crippen molar-refractivity contribution in [3.05, 3.63) is 86.6 Å². The zero-order chi connectivity index (χ0) is 25.4. The summed E-state index contributed by atoms with van der Waals surface area (Å²) >= 11 is 0. The Kier molecular flexibility index (Phi) is 6.36. The Balaban J connectivity index is 1.43. The maximum absolute atomic E-state index is 13.5. The number of nitrogens with zero attached hydrogens (tertiary/aromatic N) is 6. The van der Waals surface area contributed by atoms with Gasteiger partial charge >= 0.3 is 5.69 Å². The lowest BCUT2D eigenvalue weighted by Crippen LogP contribution is -2.46. The van der Waals surface area contributed by atoms with E-state index in [0.717, 1.165) is 47.7 Å². The highest BCUT2D eigenvalue weighted by molar-refractivity contribution is 5.71. The van der Waals surface area contributed by atoms with Crippen LogP contribution < -0.4 is 20.9 Å². The maximum atomic E-state index is 13.5. The van der Waals surface area contributed by atoms with E-state index < -0.39 is 11.2 Å². The van der Waals surface area contributed by atoms with Gasteiger partial charge in [-0.25, -0.2) is 14.2 Å². The molecule has 1 aliphatic rings. The third kappa shape index (κ3) is 4.39. The van der Waals surface area contributed by atoms with Crippen LogP contribution in [0.1, 0.15) is 11.4 Å². The lowest BCUT2D eigenvalue weighted by Gasteiger charge is -2.36. The first-order valence-electron chi connectivity index (χ1n) is 11.9. The number of imidazole rings is 1. The molecular formula is C26H29FN6O3. The monoisotopic (exact) mass is 492 g/mol. The third-order valence-electron chi connectivity index (χ3n) is 6.86. The lowest BCUT2D eigenvalue weighted by atomic mass is 10.2. The molecule has 4 aromatic rings. The van der Waals surface area contributed by atoms with Crippen molar-refractivity contribution in [2.45, 2.75) is 13.1 Å². The van der Waals surface area contributed by atoms with Crippen LogP contribution in [0, 0.1) is 5.82 Å². The second-order valence-electron chi connectivity index (χ2n) is 9.08. The van der Waals surface area contributed by atoms with Crippen LogP contribution in [0.25, 0.3) is 11.2 Å². The van der Waals surface area contributed by atoms with Gasteiger partial charge in [0.1, 0.15) is 17.4 Å². The molecular weight excluding hydrogens is 463 g/mol. The van der Waals surface area contributed by atoms with Crippen LogP contribution in [0.4, 0.5) is 10.1 Å². The number of benzene rings is 2. The first-order chi connectivity index (χ1) is 17.4. The van der Waals surface area contributed by atoms with Gasteiger partial charge in [-0.1, -0.05) is 12.1 Å². The molecule has 188 valence electrons. The van der Waals surface area contributed by atoms with Crippen LogP contribution in [0.2, 0.25) is 0 Å². The molecule has 0 spiro atoms. The number of anilines is 1. The number of aryl methyl sites for hydroxylation is 1. The summed E-state index contributed by atoms with van der Waals surface area (Å²) in [5.41, 5.74) is 1.92. The highest BCUT2D eigenvalue weighted by Crippen LogP contribution is 2.22. The van der Waals surface area contributed by atoms with Crippen molar-refractivity contribution < 1.29 is 9.13 Å². The van der Waals surface area contributed by atoms with Crippen molar-refractivity contribution in [1.29, 1.82) is 0 Å². The first kappa shape index (κ1) is 23.8. The van der Waals surface area contributed by atoms with Crippen LogP contribution in [-0.4, -0.2) is 56.9 Å². The molecule has 0 N–H and O–H groups in total. The van der Waals surface area contributed by atoms with Crippen molar-refractivity contribution in [3.63, 3.8) is 0 Å². The molecule has 1 saturated heterocycles. The van der Waals surface area contributed by atoms with Gasteiger partial charge in [-0.3, -0.25) is 18.8 Å². The molecule has 1 fully saturated rings. The van der Waals surface area contributed by atoms with Crippen LogP contribution in [0.5, 0.6) is 5.75 Å². The topological polar surface area (TPSA) is 77.5 Å². The van der Waals surface area contributed by atoms with E-state index in [9.17, 15) is 14.0 Å². The summed E-state index contributed by atoms with van der Waals surface area (Å²) in [4.78, 5) is 35.0. The third-order valence-corrected chi connectivity index (χ3v) is 6.86. The van der Waals surface area contributed by atoms with Crippen LogP contribution in [0.3, 0.4) is 0 Å². The zero-order valence-corrected chi connectivity index (χ0v) is 20.6. The van der Waals surface area contributed by atoms with E-state index in [4.69, 9.17) is 9.72 Å². The number of ether oxygens (including phenoxy) is 1. The molecule has 5 rings (SSSR count). The standard InChI is InChI=1S/C26H29FN6O3/c1-29-24-23(25(34)30(2)26(29)35)33(16-18-4-6-19(27)7-5-18)22(28-24)17-31-12-14-32(15-13-31)20-8-10-21(36-3)11-9-20/h4-11H,12-17H2,1-3H3. The fourth-order valence-corrected chi connectivity index (χ4v) is 4.71. The molecule has 1 aliphatic heterocycles. The Morgan fingerprint density at radius 1 is 0.889 bits per heavy atom. The predicted octanol–water partition coefficient (Wildman–Crippen LogP) is 1.95. The maximum Gasteiger partial charge on any atom is 0.332 e. The van der Waals surface area contributed by atoms with Crippen molar-refractivity contribution in [1.82, 2.24) is 23.6 Å². The number of rotatable bonds is 6. The van der Waals surface area contributed by atoms with Crippen molar-refractivity contribution >= 4 is 16.9 Å². The minimum atomic E-state index is -0.418. The van der Waals surface area contributed by atoms with Crippen LogP contribution in [0.15, 0.2) is 58.1 Å². The second-order valence-corrected chi connectivity index (χ2v) is 9.08. The second kappa shape index (κ2) is 9.62. The van der Waals surface area contributed by atoms with E-state index in [2.05, 4.69) is 21.9 Å². The molecule has 3 heterocycles. The smallest absolute Gasteiger partial charge is 0.332 e. The number of hydrogen-bond donors (Lipinski definition) is 0. The Hall–Kier alpha value is -3.92. The largest absolute Gasteiger partial charge is 0.497 e. The average molecular weight is 493 g/mol. The summed E-state index contributed by atoms with van der Waals surface area (Å²) in [6, 6.07) is 14.3. The molecule has 0 unspecified atom stereocenters. The molecule has 0 aliphatic carbocycles. The van der Waals surface area contributed by atoms with E-state index in [1.807, 2.05) is 16.7 Å². The Bertz CT molecular complexity index is 1500. The Morgan fingerprint density at radius 2 is 1.56 bits per heavy atom. The van der Waals surface area contributed by atoms with Gasteiger partial charge in [0.05, 0.1) is 13.7 Å². The van der Waals surface area contributed by atoms with Crippen molar-refractivity contribution in [3.8, 4) is 5.75 Å². The van der Waals surface area contributed by atoms with Crippen molar-refractivity contribution in [2.75, 3.05) is 38.2 Å². The molecule has 0 atom stereocenters. The van der Waals surface area contributed by atoms with Gasteiger partial charge < -0.3 is 14.2 Å². The molecule has 10 heteroatoms. The fraction of sp³-hybridized carbons (Fsp3) is 0.346. The summed E-state index contributed by atoms with van der Waals surface area (Å²) < 4.78 is 23.1. The number of piperazine rings is 1. The Labute approximate surface area is 207 Å². The molecule has 2 aromatic heterocycles. The lowest BCUT2D eigenvalue weighted by molar-refractivity contribution is 0.241. The van der Waals surface area contributed by atoms with Crippen molar-refractivity contribution in [2.24, 2.45) is 14.1 Å². The molecule has 0 radical (unpaired) electrons. The summed E-state index contributed by atoms with van der Waals surface area (Å²) in [5.74, 6) is 1.21. The van der Waals surface area contributed by atoms with E-state index in [-0.39, 0.29) is 5.82 Å². The SMILES string of the molecule is COc1ccc(N2CCN(Cc3nc4c(c(=O)n(C)c(=O)n4C)n3Cc3ccc(F)cc3)CC2)cc1. The molecule has 0 amide bonds. The number of fused-ring (bicyclic) bond motifs is 1. The number of hydrogen-bond acceptors (Lipinski definition) is 6. The summed E-state index contributed by atoms with van der Waals surface area (Å²) in [7, 11) is 4.75. The molecule has 9 nitrogen and oxygen atoms in total. The summed E-state index contributed by atoms with van der Waals surface area (Å²) in [6.45, 7) is 4.23. The Morgan fingerprint density at radius 3 is 2.19 bits per heavy atom. The first-order valence-corrected chi connectivity index (χ1v) is 11.9. The summed E-state index contributed by atoms with van der Waals surface area (Å²) in [5, 5.41) is 0. The minimum absolute atomic E-state index is 0.317. The van der Waals surface area contributed by atoms with E-state index in [0.29, 0.717) is 30.1 Å². The zero-order valence-electron chi connectivity index (χ0n) is 20.6. The average Bonchev–Trinajstić information content (AvgIpc) is 3.25. The molecule has 2 aromatic carbocycles. The van der Waals surface area contributed by atoms with Gasteiger partial charge in [0.25, 0.3) is 5.56 Å². The highest BCUT2D eigenvalue weighted by Gasteiger charge is 2.23. The van der Waals surface area contributed by atoms with Gasteiger partial charge in [-0.2, -0.15) is 0 Å².